The van der Waals surface area contributed by atoms with Crippen LogP contribution in [0.2, 0.25) is 0 Å². The van der Waals surface area contributed by atoms with Gasteiger partial charge in [0.15, 0.2) is 0 Å². The average Bonchev–Trinajstić information content (AvgIpc) is 3.49. The molecule has 0 radical (unpaired) electrons. The number of rotatable bonds is 6. The van der Waals surface area contributed by atoms with E-state index in [2.05, 4.69) is 25.0 Å². The first-order valence-electron chi connectivity index (χ1n) is 10.3. The number of benzene rings is 1. The van der Waals surface area contributed by atoms with Crippen LogP contribution in [0, 0.1) is 0 Å². The van der Waals surface area contributed by atoms with Crippen LogP contribution in [0.3, 0.4) is 0 Å². The van der Waals surface area contributed by atoms with E-state index < -0.39 is 0 Å². The number of anilines is 1. The van der Waals surface area contributed by atoms with Gasteiger partial charge in [0.05, 0.1) is 36.6 Å². The molecule has 1 aromatic carbocycles. The van der Waals surface area contributed by atoms with E-state index in [4.69, 9.17) is 5.11 Å². The van der Waals surface area contributed by atoms with Gasteiger partial charge in [0, 0.05) is 55.6 Å². The van der Waals surface area contributed by atoms with E-state index in [-0.39, 0.29) is 18.7 Å². The molecule has 1 aliphatic carbocycles. The third-order valence-corrected chi connectivity index (χ3v) is 6.02. The molecule has 2 N–H and O–H groups in total. The first-order chi connectivity index (χ1) is 14.2. The number of nitrogens with one attached hydrogen (secondary N) is 1. The second-order valence-electron chi connectivity index (χ2n) is 8.01. The predicted molar refractivity (Wildman–Crippen MR) is 111 cm³/mol. The Bertz CT molecular complexity index is 1060. The Hall–Kier alpha value is -2.71. The Morgan fingerprint density at radius 1 is 1.17 bits per heavy atom. The van der Waals surface area contributed by atoms with E-state index in [1.54, 1.807) is 0 Å². The van der Waals surface area contributed by atoms with Gasteiger partial charge in [-0.1, -0.05) is 0 Å². The zero-order valence-corrected chi connectivity index (χ0v) is 16.4. The average molecular weight is 394 g/mol. The Kier molecular flexibility index (Phi) is 4.81. The van der Waals surface area contributed by atoms with Crippen molar-refractivity contribution in [2.75, 3.05) is 37.7 Å². The van der Waals surface area contributed by atoms with Gasteiger partial charge in [-0.3, -0.25) is 19.4 Å². The number of hydrogen-bond acceptors (Lipinski definition) is 6. The van der Waals surface area contributed by atoms with Crippen molar-refractivity contribution >= 4 is 16.6 Å². The molecular formula is C21H26N6O2. The monoisotopic (exact) mass is 394 g/mol. The number of piperazine rings is 1. The van der Waals surface area contributed by atoms with Gasteiger partial charge in [-0.2, -0.15) is 5.10 Å². The molecule has 1 saturated heterocycles. The van der Waals surface area contributed by atoms with Crippen molar-refractivity contribution in [1.82, 2.24) is 24.6 Å². The lowest BCUT2D eigenvalue weighted by Crippen LogP contribution is -2.46. The van der Waals surface area contributed by atoms with Crippen LogP contribution in [-0.4, -0.2) is 62.5 Å². The van der Waals surface area contributed by atoms with Crippen molar-refractivity contribution in [2.24, 2.45) is 0 Å². The topological polar surface area (TPSA) is 90.3 Å². The fraction of sp³-hybridized carbons (Fsp3) is 0.476. The second-order valence-corrected chi connectivity index (χ2v) is 8.01. The summed E-state index contributed by atoms with van der Waals surface area (Å²) in [6.07, 6.45) is 6.07. The summed E-state index contributed by atoms with van der Waals surface area (Å²) in [6, 6.07) is 5.86. The molecule has 1 saturated carbocycles. The van der Waals surface area contributed by atoms with Gasteiger partial charge in [-0.25, -0.2) is 4.98 Å². The van der Waals surface area contributed by atoms with Gasteiger partial charge in [-0.05, 0) is 31.0 Å². The van der Waals surface area contributed by atoms with Gasteiger partial charge in [-0.15, -0.1) is 0 Å². The summed E-state index contributed by atoms with van der Waals surface area (Å²) in [6.45, 7) is 5.05. The van der Waals surface area contributed by atoms with Gasteiger partial charge >= 0.3 is 0 Å². The fourth-order valence-corrected chi connectivity index (χ4v) is 4.19. The number of aliphatic hydroxyl groups is 1. The molecule has 0 atom stereocenters. The number of H-pyrrole nitrogens is 1. The van der Waals surface area contributed by atoms with E-state index in [0.29, 0.717) is 16.8 Å². The number of hydrogen-bond donors (Lipinski definition) is 2. The predicted octanol–water partition coefficient (Wildman–Crippen LogP) is 1.31. The molecule has 29 heavy (non-hydrogen) atoms. The molecule has 5 rings (SSSR count). The van der Waals surface area contributed by atoms with Crippen molar-refractivity contribution < 1.29 is 5.11 Å². The smallest absolute Gasteiger partial charge is 0.261 e. The van der Waals surface area contributed by atoms with Gasteiger partial charge in [0.1, 0.15) is 0 Å². The standard InChI is InChI=1S/C21H26N6O2/c28-10-9-27-14-22-19-11-17(3-4-18(19)21(27)29)26-7-5-25(6-8-26)13-16-12-23-24-20(16)15-1-2-15/h3-4,11-12,14-15,28H,1-2,5-10,13H2,(H,23,24). The summed E-state index contributed by atoms with van der Waals surface area (Å²) in [5, 5.41) is 17.1. The largest absolute Gasteiger partial charge is 0.395 e. The van der Waals surface area contributed by atoms with E-state index in [0.717, 1.165) is 38.4 Å². The maximum absolute atomic E-state index is 12.5. The van der Waals surface area contributed by atoms with Crippen LogP contribution in [-0.2, 0) is 13.1 Å². The highest BCUT2D eigenvalue weighted by Crippen LogP contribution is 2.40. The Morgan fingerprint density at radius 3 is 2.76 bits per heavy atom. The molecule has 2 aromatic heterocycles. The van der Waals surface area contributed by atoms with E-state index >= 15 is 0 Å². The zero-order chi connectivity index (χ0) is 19.8. The normalized spacial score (nSPS) is 17.9. The van der Waals surface area contributed by atoms with E-state index in [9.17, 15) is 4.79 Å². The Labute approximate surface area is 168 Å². The maximum atomic E-state index is 12.5. The molecule has 3 heterocycles. The highest BCUT2D eigenvalue weighted by molar-refractivity contribution is 5.81. The highest BCUT2D eigenvalue weighted by atomic mass is 16.3. The Morgan fingerprint density at radius 2 is 2.00 bits per heavy atom. The molecule has 2 aliphatic rings. The lowest BCUT2D eigenvalue weighted by molar-refractivity contribution is 0.249. The molecule has 8 nitrogen and oxygen atoms in total. The van der Waals surface area contributed by atoms with Crippen LogP contribution >= 0.6 is 0 Å². The SMILES string of the molecule is O=c1c2ccc(N3CCN(Cc4cn[nH]c4C4CC4)CC3)cc2ncn1CCO. The van der Waals surface area contributed by atoms with Crippen LogP contribution in [0.15, 0.2) is 35.5 Å². The van der Waals surface area contributed by atoms with E-state index in [1.165, 1.54) is 35.0 Å². The third-order valence-electron chi connectivity index (χ3n) is 6.02. The van der Waals surface area contributed by atoms with Crippen LogP contribution in [0.25, 0.3) is 10.9 Å². The van der Waals surface area contributed by atoms with Crippen LogP contribution in [0.5, 0.6) is 0 Å². The fourth-order valence-electron chi connectivity index (χ4n) is 4.19. The van der Waals surface area contributed by atoms with Gasteiger partial charge in [0.2, 0.25) is 0 Å². The summed E-state index contributed by atoms with van der Waals surface area (Å²) >= 11 is 0. The van der Waals surface area contributed by atoms with Crippen LogP contribution < -0.4 is 10.5 Å². The summed E-state index contributed by atoms with van der Waals surface area (Å²) in [5.41, 5.74) is 4.38. The Balaban J connectivity index is 1.26. The molecule has 0 bridgehead atoms. The van der Waals surface area contributed by atoms with Crippen molar-refractivity contribution in [2.45, 2.75) is 31.8 Å². The lowest BCUT2D eigenvalue weighted by atomic mass is 10.1. The van der Waals surface area contributed by atoms with E-state index in [1.807, 2.05) is 24.4 Å². The zero-order valence-electron chi connectivity index (χ0n) is 16.4. The number of aromatic amines is 1. The molecule has 152 valence electrons. The minimum absolute atomic E-state index is 0.0730. The summed E-state index contributed by atoms with van der Waals surface area (Å²) in [4.78, 5) is 21.7. The first-order valence-corrected chi connectivity index (χ1v) is 10.3. The van der Waals surface area contributed by atoms with Crippen molar-refractivity contribution in [3.8, 4) is 0 Å². The minimum atomic E-state index is -0.105. The number of fused-ring (bicyclic) bond motifs is 1. The second kappa shape index (κ2) is 7.61. The molecule has 0 spiro atoms. The first kappa shape index (κ1) is 18.3. The molecule has 0 amide bonds. The highest BCUT2D eigenvalue weighted by Gasteiger charge is 2.28. The molecule has 1 aliphatic heterocycles. The molecular weight excluding hydrogens is 368 g/mol. The maximum Gasteiger partial charge on any atom is 0.261 e. The van der Waals surface area contributed by atoms with Crippen molar-refractivity contribution in [3.63, 3.8) is 0 Å². The van der Waals surface area contributed by atoms with Crippen LogP contribution in [0.4, 0.5) is 5.69 Å². The number of aromatic nitrogens is 4. The van der Waals surface area contributed by atoms with Crippen molar-refractivity contribution in [1.29, 1.82) is 0 Å². The molecule has 3 aromatic rings. The lowest BCUT2D eigenvalue weighted by Gasteiger charge is -2.36. The molecule has 8 heteroatoms. The summed E-state index contributed by atoms with van der Waals surface area (Å²) < 4.78 is 1.45. The third kappa shape index (κ3) is 3.65. The van der Waals surface area contributed by atoms with Crippen LogP contribution in [0.1, 0.15) is 30.0 Å². The number of nitrogens with zero attached hydrogens (tertiary/aromatic N) is 5. The van der Waals surface area contributed by atoms with Crippen molar-refractivity contribution in [3.05, 3.63) is 52.3 Å². The summed E-state index contributed by atoms with van der Waals surface area (Å²) in [5.74, 6) is 0.695. The minimum Gasteiger partial charge on any atom is -0.395 e. The summed E-state index contributed by atoms with van der Waals surface area (Å²) in [7, 11) is 0. The number of aliphatic hydroxyl groups excluding tert-OH is 1. The van der Waals surface area contributed by atoms with Gasteiger partial charge in [0.25, 0.3) is 5.56 Å². The molecule has 0 unspecified atom stereocenters. The quantitative estimate of drug-likeness (QED) is 0.655. The van der Waals surface area contributed by atoms with Gasteiger partial charge < -0.3 is 10.0 Å². The molecule has 2 fully saturated rings.